The van der Waals surface area contributed by atoms with E-state index in [0.29, 0.717) is 5.46 Å². The molecule has 1 heterocycles. The van der Waals surface area contributed by atoms with Crippen molar-refractivity contribution >= 4 is 12.6 Å². The van der Waals surface area contributed by atoms with E-state index in [-0.39, 0.29) is 12.0 Å². The molecule has 74 valence electrons. The molecule has 0 aliphatic carbocycles. The van der Waals surface area contributed by atoms with E-state index in [4.69, 9.17) is 4.74 Å². The second-order valence-corrected chi connectivity index (χ2v) is 3.74. The summed E-state index contributed by atoms with van der Waals surface area (Å²) in [5.41, 5.74) is 1.48. The molecule has 2 unspecified atom stereocenters. The maximum absolute atomic E-state index is 9.19. The average Bonchev–Trinajstić information content (AvgIpc) is 2.43. The van der Waals surface area contributed by atoms with Gasteiger partial charge in [-0.25, -0.2) is 0 Å². The minimum atomic E-state index is -1.42. The van der Waals surface area contributed by atoms with Crippen LogP contribution in [0.3, 0.4) is 0 Å². The van der Waals surface area contributed by atoms with E-state index in [0.717, 1.165) is 11.3 Å². The first-order chi connectivity index (χ1) is 6.61. The van der Waals surface area contributed by atoms with E-state index in [1.807, 2.05) is 19.9 Å². The van der Waals surface area contributed by atoms with E-state index in [1.54, 1.807) is 12.1 Å². The molecule has 0 bridgehead atoms. The largest absolute Gasteiger partial charge is 0.490 e. The zero-order valence-corrected chi connectivity index (χ0v) is 8.27. The first kappa shape index (κ1) is 9.56. The van der Waals surface area contributed by atoms with Gasteiger partial charge in [-0.15, -0.1) is 0 Å². The van der Waals surface area contributed by atoms with E-state index < -0.39 is 7.12 Å². The molecule has 1 aromatic carbocycles. The molecule has 14 heavy (non-hydrogen) atoms. The van der Waals surface area contributed by atoms with Gasteiger partial charge in [0.1, 0.15) is 11.9 Å². The fourth-order valence-electron chi connectivity index (χ4n) is 1.91. The van der Waals surface area contributed by atoms with Crippen LogP contribution in [0.15, 0.2) is 18.2 Å². The van der Waals surface area contributed by atoms with Crippen LogP contribution in [0.4, 0.5) is 0 Å². The lowest BCUT2D eigenvalue weighted by Crippen LogP contribution is -2.33. The number of hydrogen-bond donors (Lipinski definition) is 2. The van der Waals surface area contributed by atoms with Crippen LogP contribution in [-0.2, 0) is 0 Å². The van der Waals surface area contributed by atoms with Crippen LogP contribution in [0, 0.1) is 0 Å². The zero-order chi connectivity index (χ0) is 10.3. The Balaban J connectivity index is 2.52. The Kier molecular flexibility index (Phi) is 2.25. The van der Waals surface area contributed by atoms with Gasteiger partial charge >= 0.3 is 7.12 Å². The lowest BCUT2D eigenvalue weighted by atomic mass is 9.74. The predicted octanol–water partition coefficient (Wildman–Crippen LogP) is 0.251. The van der Waals surface area contributed by atoms with Crippen LogP contribution in [0.2, 0.25) is 0 Å². The molecule has 4 heteroatoms. The van der Waals surface area contributed by atoms with Gasteiger partial charge in [0, 0.05) is 11.5 Å². The van der Waals surface area contributed by atoms with Crippen molar-refractivity contribution in [1.29, 1.82) is 0 Å². The van der Waals surface area contributed by atoms with Crippen LogP contribution < -0.4 is 10.2 Å². The van der Waals surface area contributed by atoms with E-state index >= 15 is 0 Å². The number of fused-ring (bicyclic) bond motifs is 1. The maximum Gasteiger partial charge on any atom is 0.488 e. The predicted molar refractivity (Wildman–Crippen MR) is 54.8 cm³/mol. The molecule has 2 N–H and O–H groups in total. The third-order valence-electron chi connectivity index (χ3n) is 2.85. The van der Waals surface area contributed by atoms with Crippen molar-refractivity contribution in [2.45, 2.75) is 25.9 Å². The monoisotopic (exact) mass is 192 g/mol. The number of benzene rings is 1. The molecule has 2 atom stereocenters. The molecule has 2 rings (SSSR count). The van der Waals surface area contributed by atoms with E-state index in [1.165, 1.54) is 0 Å². The summed E-state index contributed by atoms with van der Waals surface area (Å²) in [6.07, 6.45) is 0.102. The summed E-state index contributed by atoms with van der Waals surface area (Å²) >= 11 is 0. The Hall–Kier alpha value is -0.995. The fraction of sp³-hybridized carbons (Fsp3) is 0.400. The lowest BCUT2D eigenvalue weighted by Gasteiger charge is -2.10. The van der Waals surface area contributed by atoms with Gasteiger partial charge in [0.15, 0.2) is 0 Å². The molecule has 0 fully saturated rings. The molecule has 0 saturated carbocycles. The summed E-state index contributed by atoms with van der Waals surface area (Å²) in [4.78, 5) is 0. The Morgan fingerprint density at radius 3 is 2.64 bits per heavy atom. The molecular weight excluding hydrogens is 179 g/mol. The van der Waals surface area contributed by atoms with Crippen molar-refractivity contribution in [1.82, 2.24) is 0 Å². The highest BCUT2D eigenvalue weighted by atomic mass is 16.5. The van der Waals surface area contributed by atoms with Crippen LogP contribution in [-0.4, -0.2) is 23.3 Å². The molecule has 1 aliphatic rings. The molecule has 1 aromatic rings. The van der Waals surface area contributed by atoms with Crippen molar-refractivity contribution in [3.8, 4) is 5.75 Å². The summed E-state index contributed by atoms with van der Waals surface area (Å²) in [5.74, 6) is 0.985. The first-order valence-electron chi connectivity index (χ1n) is 4.77. The lowest BCUT2D eigenvalue weighted by molar-refractivity contribution is 0.232. The second kappa shape index (κ2) is 3.30. The van der Waals surface area contributed by atoms with E-state index in [2.05, 4.69) is 0 Å². The Bertz CT molecular complexity index is 351. The van der Waals surface area contributed by atoms with Crippen LogP contribution >= 0.6 is 0 Å². The van der Waals surface area contributed by atoms with Gasteiger partial charge in [-0.05, 0) is 18.5 Å². The third kappa shape index (κ3) is 1.31. The van der Waals surface area contributed by atoms with Gasteiger partial charge in [-0.1, -0.05) is 19.1 Å². The van der Waals surface area contributed by atoms with Crippen molar-refractivity contribution in [2.24, 2.45) is 0 Å². The first-order valence-corrected chi connectivity index (χ1v) is 4.77. The van der Waals surface area contributed by atoms with Crippen molar-refractivity contribution in [2.75, 3.05) is 0 Å². The fourth-order valence-corrected chi connectivity index (χ4v) is 1.91. The maximum atomic E-state index is 9.19. The quantitative estimate of drug-likeness (QED) is 0.627. The summed E-state index contributed by atoms with van der Waals surface area (Å²) in [7, 11) is -1.42. The minimum absolute atomic E-state index is 0.102. The third-order valence-corrected chi connectivity index (χ3v) is 2.85. The Labute approximate surface area is 83.5 Å². The zero-order valence-electron chi connectivity index (χ0n) is 8.27. The topological polar surface area (TPSA) is 49.7 Å². The highest BCUT2D eigenvalue weighted by Crippen LogP contribution is 2.36. The molecule has 3 nitrogen and oxygen atoms in total. The summed E-state index contributed by atoms with van der Waals surface area (Å²) in [6, 6.07) is 5.36. The number of rotatable bonds is 1. The molecule has 0 radical (unpaired) electrons. The highest BCUT2D eigenvalue weighted by Gasteiger charge is 2.32. The smallest absolute Gasteiger partial charge is 0.488 e. The molecular formula is C10H13BO3. The highest BCUT2D eigenvalue weighted by molar-refractivity contribution is 6.59. The number of hydrogen-bond acceptors (Lipinski definition) is 3. The molecule has 0 spiro atoms. The Morgan fingerprint density at radius 2 is 2.00 bits per heavy atom. The van der Waals surface area contributed by atoms with Gasteiger partial charge in [-0.3, -0.25) is 0 Å². The summed E-state index contributed by atoms with van der Waals surface area (Å²) in [5, 5.41) is 18.4. The van der Waals surface area contributed by atoms with Gasteiger partial charge in [0.05, 0.1) is 0 Å². The molecule has 0 amide bonds. The molecule has 1 aliphatic heterocycles. The van der Waals surface area contributed by atoms with Gasteiger partial charge < -0.3 is 14.8 Å². The van der Waals surface area contributed by atoms with Gasteiger partial charge in [0.25, 0.3) is 0 Å². The average molecular weight is 192 g/mol. The SMILES string of the molecule is CC1Oc2cccc(B(O)O)c2C1C. The normalized spacial score (nSPS) is 24.3. The van der Waals surface area contributed by atoms with Gasteiger partial charge in [-0.2, -0.15) is 0 Å². The van der Waals surface area contributed by atoms with Gasteiger partial charge in [0.2, 0.25) is 0 Å². The number of ether oxygens (including phenoxy) is 1. The molecule has 0 saturated heterocycles. The van der Waals surface area contributed by atoms with Crippen LogP contribution in [0.25, 0.3) is 0 Å². The summed E-state index contributed by atoms with van der Waals surface area (Å²) in [6.45, 7) is 4.01. The summed E-state index contributed by atoms with van der Waals surface area (Å²) < 4.78 is 5.59. The Morgan fingerprint density at radius 1 is 1.29 bits per heavy atom. The van der Waals surface area contributed by atoms with E-state index in [9.17, 15) is 10.0 Å². The minimum Gasteiger partial charge on any atom is -0.490 e. The van der Waals surface area contributed by atoms with Crippen LogP contribution in [0.5, 0.6) is 5.75 Å². The molecule has 0 aromatic heterocycles. The van der Waals surface area contributed by atoms with Crippen molar-refractivity contribution < 1.29 is 14.8 Å². The van der Waals surface area contributed by atoms with Crippen LogP contribution in [0.1, 0.15) is 25.3 Å². The van der Waals surface area contributed by atoms with Crippen molar-refractivity contribution in [3.05, 3.63) is 23.8 Å². The van der Waals surface area contributed by atoms with Crippen molar-refractivity contribution in [3.63, 3.8) is 0 Å². The standard InChI is InChI=1S/C10H13BO3/c1-6-7(2)14-9-5-3-4-8(10(6)9)11(12)13/h3-7,12-13H,1-2H3. The second-order valence-electron chi connectivity index (χ2n) is 3.74.